The van der Waals surface area contributed by atoms with Gasteiger partial charge in [-0.05, 0) is 30.4 Å². The molecule has 0 amide bonds. The predicted molar refractivity (Wildman–Crippen MR) is 96.7 cm³/mol. The average molecular weight is 324 g/mol. The molecule has 2 aromatic heterocycles. The van der Waals surface area contributed by atoms with Crippen molar-refractivity contribution in [2.24, 2.45) is 5.92 Å². The number of hydrogen-bond donors (Lipinski definition) is 0. The number of nitrogens with zero attached hydrogens (tertiary/aromatic N) is 4. The van der Waals surface area contributed by atoms with Gasteiger partial charge in [0.15, 0.2) is 0 Å². The molecule has 0 radical (unpaired) electrons. The van der Waals surface area contributed by atoms with E-state index in [9.17, 15) is 4.79 Å². The summed E-state index contributed by atoms with van der Waals surface area (Å²) < 4.78 is 3.34. The normalized spacial score (nSPS) is 11.8. The largest absolute Gasteiger partial charge is 0.293 e. The van der Waals surface area contributed by atoms with Crippen molar-refractivity contribution in [1.82, 2.24) is 19.6 Å². The minimum absolute atomic E-state index is 0.0728. The van der Waals surface area contributed by atoms with Crippen molar-refractivity contribution in [3.05, 3.63) is 52.6 Å². The molecule has 3 aromatic rings. The van der Waals surface area contributed by atoms with Crippen LogP contribution in [0.25, 0.3) is 16.6 Å². The third-order valence-electron chi connectivity index (χ3n) is 4.18. The van der Waals surface area contributed by atoms with Crippen LogP contribution in [0.4, 0.5) is 0 Å². The predicted octanol–water partition coefficient (Wildman–Crippen LogP) is 3.75. The van der Waals surface area contributed by atoms with Crippen molar-refractivity contribution in [2.75, 3.05) is 0 Å². The fourth-order valence-corrected chi connectivity index (χ4v) is 2.82. The van der Waals surface area contributed by atoms with Gasteiger partial charge >= 0.3 is 0 Å². The molecular formula is C19H24N4O. The number of para-hydroxylation sites is 1. The number of fused-ring (bicyclic) bond motifs is 1. The minimum Gasteiger partial charge on any atom is -0.265 e. The molecule has 0 aliphatic rings. The van der Waals surface area contributed by atoms with E-state index in [-0.39, 0.29) is 11.5 Å². The van der Waals surface area contributed by atoms with Crippen LogP contribution in [0.2, 0.25) is 0 Å². The fraction of sp³-hybridized carbons (Fsp3) is 0.421. The number of hydrogen-bond acceptors (Lipinski definition) is 3. The summed E-state index contributed by atoms with van der Waals surface area (Å²) in [5.41, 5.74) is 2.36. The molecule has 0 saturated carbocycles. The maximum atomic E-state index is 13.0. The van der Waals surface area contributed by atoms with Gasteiger partial charge in [-0.25, -0.2) is 9.36 Å². The highest BCUT2D eigenvalue weighted by Crippen LogP contribution is 2.23. The number of rotatable bonds is 5. The zero-order chi connectivity index (χ0) is 17.3. The maximum absolute atomic E-state index is 13.0. The highest BCUT2D eigenvalue weighted by atomic mass is 16.1. The molecule has 0 N–H and O–H groups in total. The van der Waals surface area contributed by atoms with E-state index in [0.29, 0.717) is 18.0 Å². The van der Waals surface area contributed by atoms with Crippen LogP contribution in [-0.2, 0) is 6.54 Å². The number of benzene rings is 1. The molecule has 2 heterocycles. The van der Waals surface area contributed by atoms with Crippen LogP contribution in [0.1, 0.15) is 45.7 Å². The van der Waals surface area contributed by atoms with Gasteiger partial charge in [0.25, 0.3) is 5.56 Å². The summed E-state index contributed by atoms with van der Waals surface area (Å²) in [6.07, 6.45) is 2.69. The van der Waals surface area contributed by atoms with Crippen molar-refractivity contribution in [1.29, 1.82) is 0 Å². The Morgan fingerprint density at radius 3 is 2.42 bits per heavy atom. The quantitative estimate of drug-likeness (QED) is 0.718. The molecule has 24 heavy (non-hydrogen) atoms. The zero-order valence-corrected chi connectivity index (χ0v) is 14.7. The summed E-state index contributed by atoms with van der Waals surface area (Å²) in [5.74, 6) is 0.753. The molecule has 5 heteroatoms. The Bertz CT molecular complexity index is 891. The van der Waals surface area contributed by atoms with E-state index >= 15 is 0 Å². The average Bonchev–Trinajstić information content (AvgIpc) is 3.00. The number of aryl methyl sites for hydroxylation is 1. The van der Waals surface area contributed by atoms with E-state index in [0.717, 1.165) is 23.2 Å². The van der Waals surface area contributed by atoms with Crippen molar-refractivity contribution in [3.63, 3.8) is 0 Å². The summed E-state index contributed by atoms with van der Waals surface area (Å²) in [6.45, 7) is 9.13. The first-order chi connectivity index (χ1) is 11.5. The minimum atomic E-state index is -0.0728. The van der Waals surface area contributed by atoms with Gasteiger partial charge in [0.05, 0.1) is 17.6 Å². The second-order valence-electron chi connectivity index (χ2n) is 6.90. The van der Waals surface area contributed by atoms with E-state index in [1.807, 2.05) is 30.3 Å². The van der Waals surface area contributed by atoms with Crippen LogP contribution in [-0.4, -0.2) is 19.6 Å². The van der Waals surface area contributed by atoms with Crippen LogP contribution >= 0.6 is 0 Å². The molecule has 5 nitrogen and oxygen atoms in total. The lowest BCUT2D eigenvalue weighted by molar-refractivity contribution is 0.467. The van der Waals surface area contributed by atoms with Crippen LogP contribution in [0, 0.1) is 5.92 Å². The molecule has 0 fully saturated rings. The van der Waals surface area contributed by atoms with Gasteiger partial charge in [-0.1, -0.05) is 45.9 Å². The summed E-state index contributed by atoms with van der Waals surface area (Å²) >= 11 is 0. The molecule has 1 aromatic carbocycles. The lowest BCUT2D eigenvalue weighted by Gasteiger charge is -2.13. The molecular weight excluding hydrogens is 300 g/mol. The Morgan fingerprint density at radius 1 is 1.08 bits per heavy atom. The van der Waals surface area contributed by atoms with Crippen LogP contribution < -0.4 is 5.56 Å². The van der Waals surface area contributed by atoms with E-state index in [1.165, 1.54) is 0 Å². The summed E-state index contributed by atoms with van der Waals surface area (Å²) in [7, 11) is 0. The third kappa shape index (κ3) is 2.98. The monoisotopic (exact) mass is 324 g/mol. The first-order valence-corrected chi connectivity index (χ1v) is 8.53. The van der Waals surface area contributed by atoms with Crippen molar-refractivity contribution in [3.8, 4) is 5.69 Å². The third-order valence-corrected chi connectivity index (χ3v) is 4.18. The Hall–Kier alpha value is -2.43. The Morgan fingerprint density at radius 2 is 1.79 bits per heavy atom. The zero-order valence-electron chi connectivity index (χ0n) is 14.7. The van der Waals surface area contributed by atoms with Gasteiger partial charge in [-0.2, -0.15) is 10.2 Å². The summed E-state index contributed by atoms with van der Waals surface area (Å²) in [4.78, 5) is 13.0. The van der Waals surface area contributed by atoms with E-state index in [4.69, 9.17) is 0 Å². The second-order valence-corrected chi connectivity index (χ2v) is 6.90. The van der Waals surface area contributed by atoms with Gasteiger partial charge < -0.3 is 0 Å². The van der Waals surface area contributed by atoms with E-state index in [2.05, 4.69) is 37.9 Å². The number of aromatic nitrogens is 4. The lowest BCUT2D eigenvalue weighted by Crippen LogP contribution is -2.27. The maximum Gasteiger partial charge on any atom is 0.293 e. The van der Waals surface area contributed by atoms with Gasteiger partial charge in [-0.3, -0.25) is 4.79 Å². The van der Waals surface area contributed by atoms with Crippen molar-refractivity contribution in [2.45, 2.75) is 46.6 Å². The molecule has 0 spiro atoms. The lowest BCUT2D eigenvalue weighted by atomic mass is 10.1. The van der Waals surface area contributed by atoms with Gasteiger partial charge in [0.1, 0.15) is 5.52 Å². The smallest absolute Gasteiger partial charge is 0.265 e. The summed E-state index contributed by atoms with van der Waals surface area (Å²) in [5, 5.41) is 9.95. The molecule has 0 saturated heterocycles. The standard InChI is InChI=1S/C19H24N4O/c1-13(2)10-11-22-19(24)18-16(17(21-22)14(3)4)12-20-23(18)15-8-6-5-7-9-15/h5-9,12-14H,10-11H2,1-4H3. The van der Waals surface area contributed by atoms with Crippen LogP contribution in [0.3, 0.4) is 0 Å². The highest BCUT2D eigenvalue weighted by Gasteiger charge is 2.18. The molecule has 0 unspecified atom stereocenters. The van der Waals surface area contributed by atoms with Crippen LogP contribution in [0.15, 0.2) is 41.3 Å². The van der Waals surface area contributed by atoms with Crippen molar-refractivity contribution < 1.29 is 0 Å². The van der Waals surface area contributed by atoms with Gasteiger partial charge in [-0.15, -0.1) is 0 Å². The van der Waals surface area contributed by atoms with Crippen LogP contribution in [0.5, 0.6) is 0 Å². The van der Waals surface area contributed by atoms with E-state index in [1.54, 1.807) is 15.6 Å². The molecule has 0 bridgehead atoms. The molecule has 126 valence electrons. The van der Waals surface area contributed by atoms with Gasteiger partial charge in [0.2, 0.25) is 0 Å². The van der Waals surface area contributed by atoms with Crippen molar-refractivity contribution >= 4 is 10.9 Å². The Kier molecular flexibility index (Phi) is 4.51. The van der Waals surface area contributed by atoms with Gasteiger partial charge in [0, 0.05) is 11.9 Å². The molecule has 0 aliphatic heterocycles. The highest BCUT2D eigenvalue weighted by molar-refractivity contribution is 5.81. The summed E-state index contributed by atoms with van der Waals surface area (Å²) in [6, 6.07) is 9.77. The SMILES string of the molecule is CC(C)CCn1nc(C(C)C)c2cnn(-c3ccccc3)c2c1=O. The first-order valence-electron chi connectivity index (χ1n) is 8.53. The fourth-order valence-electron chi connectivity index (χ4n) is 2.82. The molecule has 3 rings (SSSR count). The Labute approximate surface area is 141 Å². The molecule has 0 atom stereocenters. The topological polar surface area (TPSA) is 52.7 Å². The Balaban J connectivity index is 2.24. The van der Waals surface area contributed by atoms with E-state index < -0.39 is 0 Å². The second kappa shape index (κ2) is 6.59. The molecule has 0 aliphatic carbocycles. The first kappa shape index (κ1) is 16.4.